The zero-order valence-electron chi connectivity index (χ0n) is 8.97. The Morgan fingerprint density at radius 1 is 1.50 bits per heavy atom. The van der Waals surface area contributed by atoms with Crippen LogP contribution in [0.1, 0.15) is 26.7 Å². The highest BCUT2D eigenvalue weighted by atomic mass is 16.5. The van der Waals surface area contributed by atoms with Crippen LogP contribution in [-0.4, -0.2) is 25.8 Å². The molecule has 14 heavy (non-hydrogen) atoms. The van der Waals surface area contributed by atoms with Gasteiger partial charge in [0.15, 0.2) is 0 Å². The Morgan fingerprint density at radius 2 is 2.14 bits per heavy atom. The minimum Gasteiger partial charge on any atom is -0.462 e. The van der Waals surface area contributed by atoms with Crippen LogP contribution in [-0.2, 0) is 14.3 Å². The molecule has 0 radical (unpaired) electrons. The molecule has 0 saturated carbocycles. The topological polar surface area (TPSA) is 35.5 Å². The van der Waals surface area contributed by atoms with E-state index in [1.54, 1.807) is 0 Å². The van der Waals surface area contributed by atoms with Crippen molar-refractivity contribution in [2.45, 2.75) is 26.7 Å². The Kier molecular flexibility index (Phi) is 3.69. The molecule has 0 unspecified atom stereocenters. The van der Waals surface area contributed by atoms with Gasteiger partial charge in [-0.3, -0.25) is 0 Å². The second-order valence-electron chi connectivity index (χ2n) is 3.74. The third-order valence-electron chi connectivity index (χ3n) is 2.76. The molecule has 3 nitrogen and oxygen atoms in total. The minimum atomic E-state index is -0.267. The van der Waals surface area contributed by atoms with Crippen molar-refractivity contribution in [2.75, 3.05) is 19.8 Å². The maximum Gasteiger partial charge on any atom is 0.334 e. The molecule has 1 saturated heterocycles. The zero-order chi connectivity index (χ0) is 10.6. The van der Waals surface area contributed by atoms with E-state index in [1.807, 2.05) is 13.8 Å². The average molecular weight is 198 g/mol. The van der Waals surface area contributed by atoms with Gasteiger partial charge in [0, 0.05) is 11.0 Å². The monoisotopic (exact) mass is 198 g/mol. The summed E-state index contributed by atoms with van der Waals surface area (Å²) in [5, 5.41) is 0. The van der Waals surface area contributed by atoms with Gasteiger partial charge in [-0.15, -0.1) is 0 Å². The van der Waals surface area contributed by atoms with Crippen LogP contribution >= 0.6 is 0 Å². The number of hydrogen-bond donors (Lipinski definition) is 0. The van der Waals surface area contributed by atoms with Crippen molar-refractivity contribution >= 4 is 5.97 Å². The lowest BCUT2D eigenvalue weighted by atomic mass is 9.76. The summed E-state index contributed by atoms with van der Waals surface area (Å²) in [7, 11) is 0. The summed E-state index contributed by atoms with van der Waals surface area (Å²) < 4.78 is 10.2. The summed E-state index contributed by atoms with van der Waals surface area (Å²) in [6.07, 6.45) is 1.72. The van der Waals surface area contributed by atoms with Crippen LogP contribution in [0.25, 0.3) is 0 Å². The van der Waals surface area contributed by atoms with Crippen LogP contribution in [0.2, 0.25) is 0 Å². The maximum absolute atomic E-state index is 11.5. The van der Waals surface area contributed by atoms with Gasteiger partial charge < -0.3 is 9.47 Å². The standard InChI is InChI=1S/C11H18O3/c1-4-6-14-10(12)9(3)11(5-2)7-13-8-11/h3-8H2,1-2H3. The molecule has 0 N–H and O–H groups in total. The Morgan fingerprint density at radius 3 is 2.50 bits per heavy atom. The highest BCUT2D eigenvalue weighted by Crippen LogP contribution is 2.38. The third kappa shape index (κ3) is 1.98. The molecular weight excluding hydrogens is 180 g/mol. The van der Waals surface area contributed by atoms with Crippen molar-refractivity contribution in [1.82, 2.24) is 0 Å². The fourth-order valence-electron chi connectivity index (χ4n) is 1.44. The number of carbonyl (C=O) groups is 1. The molecule has 0 amide bonds. The van der Waals surface area contributed by atoms with E-state index in [0.717, 1.165) is 12.8 Å². The van der Waals surface area contributed by atoms with Gasteiger partial charge in [0.1, 0.15) is 0 Å². The quantitative estimate of drug-likeness (QED) is 0.500. The first-order chi connectivity index (χ1) is 6.66. The molecular formula is C11H18O3. The van der Waals surface area contributed by atoms with Gasteiger partial charge >= 0.3 is 5.97 Å². The summed E-state index contributed by atoms with van der Waals surface area (Å²) in [6.45, 7) is 9.50. The maximum atomic E-state index is 11.5. The molecule has 1 aliphatic rings. The van der Waals surface area contributed by atoms with Gasteiger partial charge in [-0.2, -0.15) is 0 Å². The van der Waals surface area contributed by atoms with E-state index in [1.165, 1.54) is 0 Å². The largest absolute Gasteiger partial charge is 0.462 e. The van der Waals surface area contributed by atoms with Crippen molar-refractivity contribution in [2.24, 2.45) is 5.41 Å². The van der Waals surface area contributed by atoms with E-state index in [9.17, 15) is 4.79 Å². The first kappa shape index (κ1) is 11.2. The Balaban J connectivity index is 2.50. The number of hydrogen-bond acceptors (Lipinski definition) is 3. The number of carbonyl (C=O) groups excluding carboxylic acids is 1. The Hall–Kier alpha value is -0.830. The van der Waals surface area contributed by atoms with Crippen LogP contribution in [0.5, 0.6) is 0 Å². The number of esters is 1. The second kappa shape index (κ2) is 4.60. The lowest BCUT2D eigenvalue weighted by molar-refractivity contribution is -0.147. The molecule has 80 valence electrons. The van der Waals surface area contributed by atoms with Gasteiger partial charge in [0.05, 0.1) is 19.8 Å². The van der Waals surface area contributed by atoms with Crippen LogP contribution in [0.15, 0.2) is 12.2 Å². The molecule has 0 atom stereocenters. The molecule has 0 aliphatic carbocycles. The third-order valence-corrected chi connectivity index (χ3v) is 2.76. The van der Waals surface area contributed by atoms with E-state index in [-0.39, 0.29) is 11.4 Å². The Bertz CT molecular complexity index is 223. The lowest BCUT2D eigenvalue weighted by Crippen LogP contribution is -2.45. The summed E-state index contributed by atoms with van der Waals surface area (Å²) in [4.78, 5) is 11.5. The Labute approximate surface area is 85.1 Å². The van der Waals surface area contributed by atoms with E-state index < -0.39 is 0 Å². The fourth-order valence-corrected chi connectivity index (χ4v) is 1.44. The first-order valence-electron chi connectivity index (χ1n) is 5.10. The highest BCUT2D eigenvalue weighted by Gasteiger charge is 2.42. The van der Waals surface area contributed by atoms with Crippen molar-refractivity contribution < 1.29 is 14.3 Å². The van der Waals surface area contributed by atoms with Gasteiger partial charge in [-0.1, -0.05) is 20.4 Å². The minimum absolute atomic E-state index is 0.148. The summed E-state index contributed by atoms with van der Waals surface area (Å²) >= 11 is 0. The normalized spacial score (nSPS) is 18.4. The van der Waals surface area contributed by atoms with Crippen LogP contribution in [0, 0.1) is 5.41 Å². The van der Waals surface area contributed by atoms with Gasteiger partial charge in [0.2, 0.25) is 0 Å². The van der Waals surface area contributed by atoms with E-state index in [0.29, 0.717) is 25.4 Å². The molecule has 3 heteroatoms. The number of rotatable bonds is 5. The SMILES string of the molecule is C=C(C(=O)OCCC)C1(CC)COC1. The lowest BCUT2D eigenvalue weighted by Gasteiger charge is -2.41. The van der Waals surface area contributed by atoms with Crippen LogP contribution in [0.3, 0.4) is 0 Å². The van der Waals surface area contributed by atoms with E-state index in [2.05, 4.69) is 6.58 Å². The van der Waals surface area contributed by atoms with Crippen molar-refractivity contribution in [1.29, 1.82) is 0 Å². The average Bonchev–Trinajstić information content (AvgIpc) is 2.13. The smallest absolute Gasteiger partial charge is 0.334 e. The van der Waals surface area contributed by atoms with E-state index in [4.69, 9.17) is 9.47 Å². The van der Waals surface area contributed by atoms with Crippen LogP contribution < -0.4 is 0 Å². The molecule has 0 spiro atoms. The summed E-state index contributed by atoms with van der Waals surface area (Å²) in [6, 6.07) is 0. The van der Waals surface area contributed by atoms with Crippen molar-refractivity contribution in [3.63, 3.8) is 0 Å². The molecule has 0 aromatic heterocycles. The molecule has 1 fully saturated rings. The molecule has 0 aromatic carbocycles. The summed E-state index contributed by atoms with van der Waals surface area (Å²) in [5.41, 5.74) is 0.421. The molecule has 1 rings (SSSR count). The van der Waals surface area contributed by atoms with Gasteiger partial charge in [-0.25, -0.2) is 4.79 Å². The predicted molar refractivity (Wildman–Crippen MR) is 53.9 cm³/mol. The molecule has 1 heterocycles. The van der Waals surface area contributed by atoms with Crippen LogP contribution in [0.4, 0.5) is 0 Å². The first-order valence-corrected chi connectivity index (χ1v) is 5.10. The second-order valence-corrected chi connectivity index (χ2v) is 3.74. The zero-order valence-corrected chi connectivity index (χ0v) is 8.97. The predicted octanol–water partition coefficient (Wildman–Crippen LogP) is 1.92. The van der Waals surface area contributed by atoms with Crippen molar-refractivity contribution in [3.05, 3.63) is 12.2 Å². The molecule has 1 aliphatic heterocycles. The number of ether oxygens (including phenoxy) is 2. The molecule has 0 aromatic rings. The van der Waals surface area contributed by atoms with Crippen molar-refractivity contribution in [3.8, 4) is 0 Å². The van der Waals surface area contributed by atoms with Gasteiger partial charge in [-0.05, 0) is 12.8 Å². The molecule has 0 bridgehead atoms. The van der Waals surface area contributed by atoms with E-state index >= 15 is 0 Å². The van der Waals surface area contributed by atoms with Gasteiger partial charge in [0.25, 0.3) is 0 Å². The summed E-state index contributed by atoms with van der Waals surface area (Å²) in [5.74, 6) is -0.267. The highest BCUT2D eigenvalue weighted by molar-refractivity contribution is 5.89. The fraction of sp³-hybridized carbons (Fsp3) is 0.727.